The minimum absolute atomic E-state index is 0.0822. The van der Waals surface area contributed by atoms with Crippen LogP contribution in [0.25, 0.3) is 0 Å². The Morgan fingerprint density at radius 3 is 2.60 bits per heavy atom. The predicted octanol–water partition coefficient (Wildman–Crippen LogP) is 3.13. The van der Waals surface area contributed by atoms with Crippen molar-refractivity contribution in [1.29, 1.82) is 0 Å². The molecule has 25 heavy (non-hydrogen) atoms. The van der Waals surface area contributed by atoms with E-state index in [1.54, 1.807) is 13.1 Å². The molecule has 0 aliphatic carbocycles. The highest BCUT2D eigenvalue weighted by Gasteiger charge is 2.21. The van der Waals surface area contributed by atoms with E-state index in [0.29, 0.717) is 17.2 Å². The molecule has 0 bridgehead atoms. The number of hydrogen-bond donors (Lipinski definition) is 1. The summed E-state index contributed by atoms with van der Waals surface area (Å²) in [6.07, 6.45) is 1.63. The Kier molecular flexibility index (Phi) is 5.10. The average molecular weight is 347 g/mol. The van der Waals surface area contributed by atoms with Crippen LogP contribution in [0.2, 0.25) is 0 Å². The van der Waals surface area contributed by atoms with E-state index in [4.69, 9.17) is 9.15 Å². The molecule has 1 heterocycles. The zero-order valence-electron chi connectivity index (χ0n) is 14.9. The van der Waals surface area contributed by atoms with Crippen LogP contribution in [0.1, 0.15) is 48.3 Å². The molecule has 0 spiro atoms. The smallest absolute Gasteiger partial charge is 0.276 e. The second-order valence-corrected chi connectivity index (χ2v) is 6.63. The second-order valence-electron chi connectivity index (χ2n) is 6.63. The third-order valence-corrected chi connectivity index (χ3v) is 3.70. The summed E-state index contributed by atoms with van der Waals surface area (Å²) in [5.41, 5.74) is 0.152. The molecule has 8 nitrogen and oxygen atoms in total. The second kappa shape index (κ2) is 6.92. The number of oxazole rings is 1. The molecule has 1 amide bonds. The molecule has 0 aliphatic heterocycles. The van der Waals surface area contributed by atoms with Gasteiger partial charge in [-0.25, -0.2) is 4.98 Å². The fourth-order valence-electron chi connectivity index (χ4n) is 2.20. The standard InChI is InChI=1S/C17H21N3O5/c1-10-12(20(22)23)6-11(7-13(10)24-5)16(21)19-9-15-18-8-14(25-15)17(2,3)4/h6-8H,9H2,1-5H3,(H,19,21). The summed E-state index contributed by atoms with van der Waals surface area (Å²) in [5, 5.41) is 13.8. The number of rotatable bonds is 5. The van der Waals surface area contributed by atoms with Gasteiger partial charge in [-0.05, 0) is 13.0 Å². The molecule has 1 aromatic heterocycles. The zero-order valence-corrected chi connectivity index (χ0v) is 14.9. The predicted molar refractivity (Wildman–Crippen MR) is 90.8 cm³/mol. The van der Waals surface area contributed by atoms with Gasteiger partial charge in [-0.15, -0.1) is 0 Å². The van der Waals surface area contributed by atoms with E-state index in [0.717, 1.165) is 0 Å². The summed E-state index contributed by atoms with van der Waals surface area (Å²) >= 11 is 0. The molecule has 0 saturated heterocycles. The van der Waals surface area contributed by atoms with Gasteiger partial charge in [-0.2, -0.15) is 0 Å². The largest absolute Gasteiger partial charge is 0.496 e. The molecule has 0 unspecified atom stereocenters. The topological polar surface area (TPSA) is 108 Å². The van der Waals surface area contributed by atoms with Gasteiger partial charge in [0.15, 0.2) is 0 Å². The number of benzene rings is 1. The number of nitro benzene ring substituents is 1. The molecule has 0 radical (unpaired) electrons. The number of methoxy groups -OCH3 is 1. The van der Waals surface area contributed by atoms with Crippen LogP contribution in [0, 0.1) is 17.0 Å². The van der Waals surface area contributed by atoms with Crippen molar-refractivity contribution in [3.8, 4) is 5.75 Å². The number of amides is 1. The first-order valence-electron chi connectivity index (χ1n) is 7.70. The van der Waals surface area contributed by atoms with Crippen LogP contribution in [-0.4, -0.2) is 22.9 Å². The highest BCUT2D eigenvalue weighted by molar-refractivity contribution is 5.95. The number of hydrogen-bond acceptors (Lipinski definition) is 6. The maximum Gasteiger partial charge on any atom is 0.276 e. The van der Waals surface area contributed by atoms with Crippen LogP contribution < -0.4 is 10.1 Å². The third kappa shape index (κ3) is 4.14. The quantitative estimate of drug-likeness (QED) is 0.657. The van der Waals surface area contributed by atoms with Gasteiger partial charge < -0.3 is 14.5 Å². The normalized spacial score (nSPS) is 11.2. The van der Waals surface area contributed by atoms with Gasteiger partial charge in [0.2, 0.25) is 5.89 Å². The van der Waals surface area contributed by atoms with Crippen molar-refractivity contribution >= 4 is 11.6 Å². The lowest BCUT2D eigenvalue weighted by molar-refractivity contribution is -0.385. The first-order chi connectivity index (χ1) is 11.6. The lowest BCUT2D eigenvalue weighted by Crippen LogP contribution is -2.23. The van der Waals surface area contributed by atoms with Crippen molar-refractivity contribution < 1.29 is 18.9 Å². The van der Waals surface area contributed by atoms with Gasteiger partial charge in [-0.3, -0.25) is 14.9 Å². The lowest BCUT2D eigenvalue weighted by Gasteiger charge is -2.13. The summed E-state index contributed by atoms with van der Waals surface area (Å²) in [6, 6.07) is 2.69. The van der Waals surface area contributed by atoms with Crippen molar-refractivity contribution in [2.45, 2.75) is 39.7 Å². The van der Waals surface area contributed by atoms with Crippen molar-refractivity contribution in [2.24, 2.45) is 0 Å². The first kappa shape index (κ1) is 18.4. The molecule has 0 atom stereocenters. The van der Waals surface area contributed by atoms with E-state index in [9.17, 15) is 14.9 Å². The number of carbonyl (C=O) groups is 1. The molecule has 2 rings (SSSR count). The number of nitrogens with one attached hydrogen (secondary N) is 1. The van der Waals surface area contributed by atoms with Crippen LogP contribution in [0.15, 0.2) is 22.7 Å². The SMILES string of the molecule is COc1cc(C(=O)NCc2ncc(C(C)(C)C)o2)cc([N+](=O)[O-])c1C. The molecular weight excluding hydrogens is 326 g/mol. The van der Waals surface area contributed by atoms with Crippen LogP contribution in [-0.2, 0) is 12.0 Å². The van der Waals surface area contributed by atoms with E-state index in [-0.39, 0.29) is 29.0 Å². The summed E-state index contributed by atoms with van der Waals surface area (Å²) in [7, 11) is 1.40. The summed E-state index contributed by atoms with van der Waals surface area (Å²) in [4.78, 5) is 27.0. The van der Waals surface area contributed by atoms with E-state index < -0.39 is 10.8 Å². The van der Waals surface area contributed by atoms with Gasteiger partial charge >= 0.3 is 0 Å². The van der Waals surface area contributed by atoms with E-state index >= 15 is 0 Å². The highest BCUT2D eigenvalue weighted by Crippen LogP contribution is 2.29. The molecule has 1 N–H and O–H groups in total. The molecule has 134 valence electrons. The maximum atomic E-state index is 12.3. The molecule has 0 saturated carbocycles. The Morgan fingerprint density at radius 1 is 1.40 bits per heavy atom. The fraction of sp³-hybridized carbons (Fsp3) is 0.412. The number of aromatic nitrogens is 1. The van der Waals surface area contributed by atoms with E-state index in [2.05, 4.69) is 10.3 Å². The number of nitro groups is 1. The van der Waals surface area contributed by atoms with Crippen molar-refractivity contribution in [3.05, 3.63) is 51.2 Å². The maximum absolute atomic E-state index is 12.3. The van der Waals surface area contributed by atoms with Crippen molar-refractivity contribution in [1.82, 2.24) is 10.3 Å². The molecule has 8 heteroatoms. The van der Waals surface area contributed by atoms with E-state index in [1.807, 2.05) is 20.8 Å². The van der Waals surface area contributed by atoms with Gasteiger partial charge in [0.05, 0.1) is 30.3 Å². The molecule has 0 aliphatic rings. The summed E-state index contributed by atoms with van der Waals surface area (Å²) in [6.45, 7) is 7.63. The van der Waals surface area contributed by atoms with Gasteiger partial charge in [-0.1, -0.05) is 20.8 Å². The fourth-order valence-corrected chi connectivity index (χ4v) is 2.20. The van der Waals surface area contributed by atoms with Crippen molar-refractivity contribution in [2.75, 3.05) is 7.11 Å². The van der Waals surface area contributed by atoms with Crippen LogP contribution in [0.3, 0.4) is 0 Å². The minimum Gasteiger partial charge on any atom is -0.496 e. The number of carbonyl (C=O) groups excluding carboxylic acids is 1. The molecule has 0 fully saturated rings. The van der Waals surface area contributed by atoms with Crippen LogP contribution in [0.5, 0.6) is 5.75 Å². The Bertz CT molecular complexity index is 805. The number of ether oxygens (including phenoxy) is 1. The monoisotopic (exact) mass is 347 g/mol. The molecule has 2 aromatic rings. The zero-order chi connectivity index (χ0) is 18.8. The summed E-state index contributed by atoms with van der Waals surface area (Å²) < 4.78 is 10.7. The summed E-state index contributed by atoms with van der Waals surface area (Å²) in [5.74, 6) is 0.888. The van der Waals surface area contributed by atoms with Crippen LogP contribution in [0.4, 0.5) is 5.69 Å². The third-order valence-electron chi connectivity index (χ3n) is 3.70. The van der Waals surface area contributed by atoms with Crippen molar-refractivity contribution in [3.63, 3.8) is 0 Å². The number of nitrogens with zero attached hydrogens (tertiary/aromatic N) is 2. The average Bonchev–Trinajstić information content (AvgIpc) is 3.01. The Morgan fingerprint density at radius 2 is 2.08 bits per heavy atom. The Labute approximate surface area is 145 Å². The highest BCUT2D eigenvalue weighted by atomic mass is 16.6. The van der Waals surface area contributed by atoms with E-state index in [1.165, 1.54) is 19.2 Å². The van der Waals surface area contributed by atoms with Gasteiger partial charge in [0.1, 0.15) is 11.5 Å². The Balaban J connectivity index is 2.17. The minimum atomic E-state index is -0.543. The molecule has 1 aromatic carbocycles. The molecular formula is C17H21N3O5. The lowest BCUT2D eigenvalue weighted by atomic mass is 9.94. The van der Waals surface area contributed by atoms with Gasteiger partial charge in [0, 0.05) is 17.0 Å². The first-order valence-corrected chi connectivity index (χ1v) is 7.70. The Hall–Kier alpha value is -2.90. The van der Waals surface area contributed by atoms with Crippen LogP contribution >= 0.6 is 0 Å². The van der Waals surface area contributed by atoms with Gasteiger partial charge in [0.25, 0.3) is 11.6 Å².